The topological polar surface area (TPSA) is 62.4 Å². The van der Waals surface area contributed by atoms with Crippen molar-refractivity contribution < 1.29 is 0 Å². The van der Waals surface area contributed by atoms with Crippen LogP contribution in [0.4, 0.5) is 5.69 Å². The van der Waals surface area contributed by atoms with Crippen molar-refractivity contribution in [2.75, 3.05) is 0 Å². The average Bonchev–Trinajstić information content (AvgIpc) is 2.57. The van der Waals surface area contributed by atoms with E-state index in [2.05, 4.69) is 28.1 Å². The fraction of sp³-hybridized carbons (Fsp3) is 0.111. The summed E-state index contributed by atoms with van der Waals surface area (Å²) in [6.07, 6.45) is 0.784. The molecule has 72 valence electrons. The lowest BCUT2D eigenvalue weighted by molar-refractivity contribution is 0.858. The quantitative estimate of drug-likeness (QED) is 0.430. The van der Waals surface area contributed by atoms with Crippen LogP contribution in [-0.4, -0.2) is 10.9 Å². The highest BCUT2D eigenvalue weighted by Crippen LogP contribution is 2.24. The summed E-state index contributed by atoms with van der Waals surface area (Å²) < 4.78 is 0. The minimum Gasteiger partial charge on any atom is -0.375 e. The van der Waals surface area contributed by atoms with Crippen molar-refractivity contribution >= 4 is 28.9 Å². The molecule has 2 rings (SSSR count). The number of nitrogens with two attached hydrogens (primary N) is 1. The molecule has 5 heteroatoms. The van der Waals surface area contributed by atoms with Gasteiger partial charge in [0.05, 0.1) is 5.69 Å². The van der Waals surface area contributed by atoms with Gasteiger partial charge in [0.15, 0.2) is 5.11 Å². The lowest BCUT2D eigenvalue weighted by Crippen LogP contribution is -2.44. The van der Waals surface area contributed by atoms with Crippen molar-refractivity contribution in [3.8, 4) is 0 Å². The van der Waals surface area contributed by atoms with Gasteiger partial charge in [-0.2, -0.15) is 0 Å². The Balaban J connectivity index is 2.05. The highest BCUT2D eigenvalue weighted by molar-refractivity contribution is 7.80. The molecule has 4 nitrogen and oxygen atoms in total. The summed E-state index contributed by atoms with van der Waals surface area (Å²) in [5, 5.41) is 0.212. The highest BCUT2D eigenvalue weighted by Gasteiger charge is 2.12. The Labute approximate surface area is 87.2 Å². The number of hydrogen-bond donors (Lipinski definition) is 3. The van der Waals surface area contributed by atoms with Crippen LogP contribution in [-0.2, 0) is 6.42 Å². The SMILES string of the molecule is NC(=S)NNC1=Nc2ccccc2C1. The van der Waals surface area contributed by atoms with Crippen molar-refractivity contribution in [3.63, 3.8) is 0 Å². The second kappa shape index (κ2) is 3.63. The second-order valence-corrected chi connectivity index (χ2v) is 3.42. The van der Waals surface area contributed by atoms with Gasteiger partial charge < -0.3 is 5.73 Å². The fourth-order valence-corrected chi connectivity index (χ4v) is 1.39. The third kappa shape index (κ3) is 1.82. The van der Waals surface area contributed by atoms with Gasteiger partial charge in [0, 0.05) is 6.42 Å². The maximum atomic E-state index is 5.28. The van der Waals surface area contributed by atoms with Gasteiger partial charge in [0.25, 0.3) is 0 Å². The van der Waals surface area contributed by atoms with E-state index in [0.29, 0.717) is 0 Å². The molecule has 0 spiro atoms. The predicted octanol–water partition coefficient (Wildman–Crippen LogP) is 0.611. The van der Waals surface area contributed by atoms with Gasteiger partial charge in [0.1, 0.15) is 5.84 Å². The molecule has 0 atom stereocenters. The minimum absolute atomic E-state index is 0.212. The molecule has 1 aliphatic heterocycles. The van der Waals surface area contributed by atoms with E-state index < -0.39 is 0 Å². The van der Waals surface area contributed by atoms with E-state index in [0.717, 1.165) is 17.9 Å². The van der Waals surface area contributed by atoms with Crippen molar-refractivity contribution in [2.45, 2.75) is 6.42 Å². The van der Waals surface area contributed by atoms with Crippen LogP contribution >= 0.6 is 12.2 Å². The Morgan fingerprint density at radius 3 is 2.93 bits per heavy atom. The molecule has 4 N–H and O–H groups in total. The summed E-state index contributed by atoms with van der Waals surface area (Å²) in [4.78, 5) is 4.35. The molecule has 0 saturated heterocycles. The molecule has 0 fully saturated rings. The van der Waals surface area contributed by atoms with Crippen LogP contribution in [0.3, 0.4) is 0 Å². The molecule has 0 aromatic heterocycles. The Morgan fingerprint density at radius 2 is 2.21 bits per heavy atom. The Morgan fingerprint density at radius 1 is 1.43 bits per heavy atom. The van der Waals surface area contributed by atoms with E-state index in [1.165, 1.54) is 5.56 Å². The Bertz CT molecular complexity index is 400. The summed E-state index contributed by atoms with van der Waals surface area (Å²) in [5.74, 6) is 0.832. The number of hydrogen-bond acceptors (Lipinski definition) is 3. The van der Waals surface area contributed by atoms with Crippen LogP contribution in [0.25, 0.3) is 0 Å². The molecule has 0 amide bonds. The summed E-state index contributed by atoms with van der Waals surface area (Å²) in [6.45, 7) is 0. The van der Waals surface area contributed by atoms with Crippen LogP contribution < -0.4 is 16.6 Å². The number of amidine groups is 1. The third-order valence-electron chi connectivity index (χ3n) is 1.93. The average molecular weight is 206 g/mol. The number of nitrogens with zero attached hydrogens (tertiary/aromatic N) is 1. The van der Waals surface area contributed by atoms with Crippen molar-refractivity contribution in [1.82, 2.24) is 10.9 Å². The zero-order chi connectivity index (χ0) is 9.97. The van der Waals surface area contributed by atoms with E-state index in [9.17, 15) is 0 Å². The molecule has 1 aliphatic rings. The normalized spacial score (nSPS) is 13.0. The Kier molecular flexibility index (Phi) is 2.32. The number of fused-ring (bicyclic) bond motifs is 1. The zero-order valence-corrected chi connectivity index (χ0v) is 8.27. The molecule has 0 radical (unpaired) electrons. The molecule has 0 saturated carbocycles. The number of thiocarbonyl (C=S) groups is 1. The van der Waals surface area contributed by atoms with E-state index in [4.69, 9.17) is 5.73 Å². The van der Waals surface area contributed by atoms with Gasteiger partial charge >= 0.3 is 0 Å². The number of aliphatic imine (C=N–C) groups is 1. The monoisotopic (exact) mass is 206 g/mol. The van der Waals surface area contributed by atoms with Crippen LogP contribution in [0.1, 0.15) is 5.56 Å². The number of rotatable bonds is 0. The highest BCUT2D eigenvalue weighted by atomic mass is 32.1. The first-order chi connectivity index (χ1) is 6.75. The molecular formula is C9H10N4S. The van der Waals surface area contributed by atoms with Crippen molar-refractivity contribution in [1.29, 1.82) is 0 Å². The van der Waals surface area contributed by atoms with Crippen molar-refractivity contribution in [3.05, 3.63) is 29.8 Å². The lowest BCUT2D eigenvalue weighted by atomic mass is 10.1. The predicted molar refractivity (Wildman–Crippen MR) is 60.3 cm³/mol. The molecular weight excluding hydrogens is 196 g/mol. The van der Waals surface area contributed by atoms with E-state index in [1.54, 1.807) is 0 Å². The van der Waals surface area contributed by atoms with Gasteiger partial charge in [0.2, 0.25) is 0 Å². The largest absolute Gasteiger partial charge is 0.375 e. The standard InChI is InChI=1S/C9H10N4S/c10-9(14)13-12-8-5-6-3-1-2-4-7(6)11-8/h1-4H,5H2,(H,11,12)(H3,10,13,14). The first-order valence-electron chi connectivity index (χ1n) is 4.22. The summed E-state index contributed by atoms with van der Waals surface area (Å²) in [5.41, 5.74) is 13.0. The molecule has 1 aromatic rings. The molecule has 1 heterocycles. The van der Waals surface area contributed by atoms with E-state index >= 15 is 0 Å². The zero-order valence-electron chi connectivity index (χ0n) is 7.45. The summed E-state index contributed by atoms with van der Waals surface area (Å²) in [7, 11) is 0. The van der Waals surface area contributed by atoms with E-state index in [1.807, 2.05) is 24.3 Å². The molecule has 0 unspecified atom stereocenters. The van der Waals surface area contributed by atoms with Gasteiger partial charge in [-0.1, -0.05) is 18.2 Å². The van der Waals surface area contributed by atoms with Crippen LogP contribution in [0.15, 0.2) is 29.3 Å². The molecule has 14 heavy (non-hydrogen) atoms. The maximum Gasteiger partial charge on any atom is 0.182 e. The molecule has 0 bridgehead atoms. The minimum atomic E-state index is 0.212. The second-order valence-electron chi connectivity index (χ2n) is 2.98. The Hall–Kier alpha value is -1.62. The van der Waals surface area contributed by atoms with Gasteiger partial charge in [-0.15, -0.1) is 0 Å². The maximum absolute atomic E-state index is 5.28. The van der Waals surface area contributed by atoms with Crippen LogP contribution in [0, 0.1) is 0 Å². The van der Waals surface area contributed by atoms with Gasteiger partial charge in [-0.05, 0) is 23.8 Å². The number of hydrazine groups is 1. The number of para-hydroxylation sites is 1. The van der Waals surface area contributed by atoms with Crippen molar-refractivity contribution in [2.24, 2.45) is 10.7 Å². The number of benzene rings is 1. The fourth-order valence-electron chi connectivity index (χ4n) is 1.34. The molecule has 0 aliphatic carbocycles. The van der Waals surface area contributed by atoms with Crippen LogP contribution in [0.5, 0.6) is 0 Å². The third-order valence-corrected chi connectivity index (χ3v) is 2.04. The smallest absolute Gasteiger partial charge is 0.182 e. The van der Waals surface area contributed by atoms with Gasteiger partial charge in [-0.25, -0.2) is 4.99 Å². The summed E-state index contributed by atoms with van der Waals surface area (Å²) in [6, 6.07) is 7.99. The summed E-state index contributed by atoms with van der Waals surface area (Å²) >= 11 is 4.67. The first-order valence-corrected chi connectivity index (χ1v) is 4.63. The van der Waals surface area contributed by atoms with E-state index in [-0.39, 0.29) is 5.11 Å². The van der Waals surface area contributed by atoms with Gasteiger partial charge in [-0.3, -0.25) is 10.9 Å². The lowest BCUT2D eigenvalue weighted by Gasteiger charge is -2.05. The van der Waals surface area contributed by atoms with Crippen LogP contribution in [0.2, 0.25) is 0 Å². The number of nitrogens with one attached hydrogen (secondary N) is 2. The molecule has 1 aromatic carbocycles. The first kappa shape index (κ1) is 8.96.